The first-order valence-electron chi connectivity index (χ1n) is 7.78. The summed E-state index contributed by atoms with van der Waals surface area (Å²) in [4.78, 5) is 29.2. The summed E-state index contributed by atoms with van der Waals surface area (Å²) in [5.74, 6) is -0.144. The minimum absolute atomic E-state index is 0.0828. The van der Waals surface area contributed by atoms with Crippen LogP contribution in [-0.2, 0) is 11.3 Å². The Balaban J connectivity index is 1.78. The second-order valence-corrected chi connectivity index (χ2v) is 7.72. The number of fused-ring (bicyclic) bond motifs is 1. The second-order valence-electron chi connectivity index (χ2n) is 5.46. The van der Waals surface area contributed by atoms with Crippen LogP contribution in [0.5, 0.6) is 0 Å². The van der Waals surface area contributed by atoms with E-state index in [1.54, 1.807) is 29.6 Å². The maximum absolute atomic E-state index is 12.5. The quantitative estimate of drug-likeness (QED) is 0.482. The molecule has 0 spiro atoms. The summed E-state index contributed by atoms with van der Waals surface area (Å²) in [6.07, 6.45) is 0. The number of amides is 1. The van der Waals surface area contributed by atoms with Crippen molar-refractivity contribution in [2.75, 3.05) is 17.7 Å². The Bertz CT molecular complexity index is 1020. The van der Waals surface area contributed by atoms with Crippen molar-refractivity contribution in [3.8, 4) is 0 Å². The van der Waals surface area contributed by atoms with Gasteiger partial charge in [-0.1, -0.05) is 29.4 Å². The van der Waals surface area contributed by atoms with Crippen LogP contribution in [0.15, 0.2) is 39.6 Å². The van der Waals surface area contributed by atoms with Gasteiger partial charge in [0.05, 0.1) is 24.4 Å². The molecule has 1 amide bonds. The molecule has 1 aromatic carbocycles. The van der Waals surface area contributed by atoms with Gasteiger partial charge in [-0.15, -0.1) is 11.3 Å². The van der Waals surface area contributed by atoms with E-state index in [9.17, 15) is 14.7 Å². The van der Waals surface area contributed by atoms with Crippen LogP contribution in [0, 0.1) is 6.92 Å². The minimum Gasteiger partial charge on any atom is -0.395 e. The summed E-state index contributed by atoms with van der Waals surface area (Å²) < 4.78 is 1.95. The van der Waals surface area contributed by atoms with Crippen LogP contribution < -0.4 is 10.9 Å². The number of aliphatic hydroxyl groups is 1. The van der Waals surface area contributed by atoms with Crippen LogP contribution in [-0.4, -0.2) is 32.9 Å². The number of carbonyl (C=O) groups excluding carboxylic acids is 1. The van der Waals surface area contributed by atoms with Crippen LogP contribution in [0.25, 0.3) is 10.2 Å². The molecule has 26 heavy (non-hydrogen) atoms. The second kappa shape index (κ2) is 8.22. The lowest BCUT2D eigenvalue weighted by molar-refractivity contribution is -0.113. The van der Waals surface area contributed by atoms with Gasteiger partial charge in [-0.2, -0.15) is 0 Å². The Morgan fingerprint density at radius 1 is 1.42 bits per heavy atom. The molecule has 3 aromatic rings. The van der Waals surface area contributed by atoms with Gasteiger partial charge in [0.1, 0.15) is 4.70 Å². The zero-order chi connectivity index (χ0) is 18.7. The molecule has 2 heterocycles. The first-order valence-corrected chi connectivity index (χ1v) is 10.0. The first kappa shape index (κ1) is 18.9. The van der Waals surface area contributed by atoms with E-state index in [0.29, 0.717) is 26.1 Å². The average Bonchev–Trinajstić information content (AvgIpc) is 3.09. The Labute approximate surface area is 162 Å². The number of nitrogens with one attached hydrogen (secondary N) is 1. The number of anilines is 1. The third kappa shape index (κ3) is 3.93. The number of benzene rings is 1. The molecule has 2 aromatic heterocycles. The van der Waals surface area contributed by atoms with Crippen molar-refractivity contribution in [2.24, 2.45) is 0 Å². The molecule has 0 atom stereocenters. The monoisotopic (exact) mass is 409 g/mol. The lowest BCUT2D eigenvalue weighted by Crippen LogP contribution is -2.25. The van der Waals surface area contributed by atoms with Crippen molar-refractivity contribution < 1.29 is 9.90 Å². The third-order valence-electron chi connectivity index (χ3n) is 3.73. The summed E-state index contributed by atoms with van der Waals surface area (Å²) in [5, 5.41) is 14.8. The van der Waals surface area contributed by atoms with Crippen LogP contribution in [0.4, 0.5) is 5.69 Å². The Morgan fingerprint density at radius 3 is 3.00 bits per heavy atom. The van der Waals surface area contributed by atoms with Crippen molar-refractivity contribution in [1.29, 1.82) is 0 Å². The Hall–Kier alpha value is -1.87. The summed E-state index contributed by atoms with van der Waals surface area (Å²) in [5.41, 5.74) is 1.84. The van der Waals surface area contributed by atoms with Gasteiger partial charge in [-0.25, -0.2) is 4.98 Å². The van der Waals surface area contributed by atoms with Crippen molar-refractivity contribution in [3.63, 3.8) is 0 Å². The van der Waals surface area contributed by atoms with Crippen LogP contribution in [0.1, 0.15) is 5.56 Å². The number of hydrogen-bond donors (Lipinski definition) is 2. The number of nitrogens with zero attached hydrogens (tertiary/aromatic N) is 2. The van der Waals surface area contributed by atoms with Crippen molar-refractivity contribution in [2.45, 2.75) is 18.6 Å². The predicted molar refractivity (Wildman–Crippen MR) is 107 cm³/mol. The number of aromatic nitrogens is 2. The number of carbonyl (C=O) groups is 1. The summed E-state index contributed by atoms with van der Waals surface area (Å²) in [7, 11) is 0. The molecule has 2 N–H and O–H groups in total. The molecule has 6 nitrogen and oxygen atoms in total. The molecule has 0 radical (unpaired) electrons. The molecule has 136 valence electrons. The van der Waals surface area contributed by atoms with E-state index in [1.165, 1.54) is 15.9 Å². The smallest absolute Gasteiger partial charge is 0.272 e. The van der Waals surface area contributed by atoms with Gasteiger partial charge in [0, 0.05) is 10.7 Å². The molecule has 3 rings (SSSR count). The van der Waals surface area contributed by atoms with Crippen molar-refractivity contribution in [3.05, 3.63) is 50.6 Å². The van der Waals surface area contributed by atoms with Gasteiger partial charge < -0.3 is 10.4 Å². The highest BCUT2D eigenvalue weighted by atomic mass is 35.5. The molecule has 0 unspecified atom stereocenters. The van der Waals surface area contributed by atoms with Gasteiger partial charge in [0.15, 0.2) is 5.16 Å². The van der Waals surface area contributed by atoms with Gasteiger partial charge in [0.2, 0.25) is 5.91 Å². The fourth-order valence-electron chi connectivity index (χ4n) is 2.39. The maximum atomic E-state index is 12.5. The van der Waals surface area contributed by atoms with Crippen LogP contribution in [0.2, 0.25) is 5.02 Å². The summed E-state index contributed by atoms with van der Waals surface area (Å²) >= 11 is 8.53. The highest BCUT2D eigenvalue weighted by Gasteiger charge is 2.14. The van der Waals surface area contributed by atoms with Crippen LogP contribution in [0.3, 0.4) is 0 Å². The van der Waals surface area contributed by atoms with E-state index in [4.69, 9.17) is 11.6 Å². The molecule has 0 aliphatic rings. The highest BCUT2D eigenvalue weighted by Crippen LogP contribution is 2.24. The van der Waals surface area contributed by atoms with E-state index in [0.717, 1.165) is 17.3 Å². The van der Waals surface area contributed by atoms with E-state index in [-0.39, 0.29) is 30.4 Å². The third-order valence-corrected chi connectivity index (χ3v) is 6.01. The standard InChI is InChI=1S/C17H16ClN3O3S2/c1-10-11(18)3-2-4-12(10)19-14(23)9-26-17-20-13-5-8-25-15(13)16(24)21(17)6-7-22/h2-5,8,22H,6-7,9H2,1H3,(H,19,23). The summed E-state index contributed by atoms with van der Waals surface area (Å²) in [6.45, 7) is 1.78. The zero-order valence-electron chi connectivity index (χ0n) is 13.9. The molecular weight excluding hydrogens is 394 g/mol. The molecule has 0 bridgehead atoms. The topological polar surface area (TPSA) is 84.2 Å². The lowest BCUT2D eigenvalue weighted by Gasteiger charge is -2.12. The Kier molecular flexibility index (Phi) is 5.98. The van der Waals surface area contributed by atoms with E-state index in [2.05, 4.69) is 10.3 Å². The molecule has 9 heteroatoms. The van der Waals surface area contributed by atoms with Gasteiger partial charge >= 0.3 is 0 Å². The molecular formula is C17H16ClN3O3S2. The summed E-state index contributed by atoms with van der Waals surface area (Å²) in [6, 6.07) is 7.07. The number of halogens is 1. The predicted octanol–water partition coefficient (Wildman–Crippen LogP) is 3.14. The van der Waals surface area contributed by atoms with Crippen molar-refractivity contribution >= 4 is 56.5 Å². The molecule has 0 aliphatic heterocycles. The van der Waals surface area contributed by atoms with E-state index >= 15 is 0 Å². The largest absolute Gasteiger partial charge is 0.395 e. The van der Waals surface area contributed by atoms with Gasteiger partial charge in [-0.05, 0) is 36.1 Å². The normalized spacial score (nSPS) is 11.0. The zero-order valence-corrected chi connectivity index (χ0v) is 16.2. The molecule has 0 saturated carbocycles. The molecule has 0 saturated heterocycles. The fraction of sp³-hybridized carbons (Fsp3) is 0.235. The maximum Gasteiger partial charge on any atom is 0.272 e. The lowest BCUT2D eigenvalue weighted by atomic mass is 10.2. The minimum atomic E-state index is -0.226. The van der Waals surface area contributed by atoms with Gasteiger partial charge in [0.25, 0.3) is 5.56 Å². The number of aliphatic hydroxyl groups excluding tert-OH is 1. The fourth-order valence-corrected chi connectivity index (χ4v) is 4.17. The highest BCUT2D eigenvalue weighted by molar-refractivity contribution is 7.99. The van der Waals surface area contributed by atoms with E-state index < -0.39 is 0 Å². The number of rotatable bonds is 6. The van der Waals surface area contributed by atoms with Gasteiger partial charge in [-0.3, -0.25) is 14.2 Å². The number of hydrogen-bond acceptors (Lipinski definition) is 6. The molecule has 0 fully saturated rings. The van der Waals surface area contributed by atoms with Crippen molar-refractivity contribution in [1.82, 2.24) is 9.55 Å². The number of thiophene rings is 1. The average molecular weight is 410 g/mol. The first-order chi connectivity index (χ1) is 12.5. The van der Waals surface area contributed by atoms with E-state index in [1.807, 2.05) is 6.92 Å². The number of thioether (sulfide) groups is 1. The van der Waals surface area contributed by atoms with Crippen LogP contribution >= 0.6 is 34.7 Å². The molecule has 0 aliphatic carbocycles. The SMILES string of the molecule is Cc1c(Cl)cccc1NC(=O)CSc1nc2ccsc2c(=O)n1CCO. The Morgan fingerprint density at radius 2 is 2.23 bits per heavy atom.